The van der Waals surface area contributed by atoms with Crippen molar-refractivity contribution in [2.45, 2.75) is 13.5 Å². The highest BCUT2D eigenvalue weighted by atomic mass is 79.9. The minimum absolute atomic E-state index is 0.410. The summed E-state index contributed by atoms with van der Waals surface area (Å²) >= 11 is 3.34. The number of hydrogen-bond acceptors (Lipinski definition) is 4. The Bertz CT molecular complexity index is 496. The highest BCUT2D eigenvalue weighted by Crippen LogP contribution is 2.15. The Balaban J connectivity index is 2.47. The average molecular weight is 279 g/mol. The molecule has 2 rings (SSSR count). The molecule has 82 valence electrons. The summed E-state index contributed by atoms with van der Waals surface area (Å²) < 4.78 is 0.933. The molecule has 0 saturated carbocycles. The van der Waals surface area contributed by atoms with E-state index in [0.717, 1.165) is 21.6 Å². The van der Waals surface area contributed by atoms with E-state index in [4.69, 9.17) is 5.73 Å². The van der Waals surface area contributed by atoms with Gasteiger partial charge in [-0.1, -0.05) is 0 Å². The number of hydrogen-bond donors (Lipinski definition) is 1. The molecule has 2 N–H and O–H groups in total. The Labute approximate surface area is 102 Å². The summed E-state index contributed by atoms with van der Waals surface area (Å²) in [6.07, 6.45) is 1.73. The van der Waals surface area contributed by atoms with Gasteiger partial charge in [-0.25, -0.2) is 9.97 Å². The molecule has 0 bridgehead atoms. The van der Waals surface area contributed by atoms with Crippen molar-refractivity contribution in [2.24, 2.45) is 5.73 Å². The summed E-state index contributed by atoms with van der Waals surface area (Å²) in [6.45, 7) is 2.33. The number of rotatable bonds is 2. The van der Waals surface area contributed by atoms with Crippen molar-refractivity contribution in [3.05, 3.63) is 40.3 Å². The van der Waals surface area contributed by atoms with Gasteiger partial charge in [0.15, 0.2) is 5.82 Å². The first kappa shape index (κ1) is 11.2. The average Bonchev–Trinajstić information content (AvgIpc) is 2.29. The Hall–Kier alpha value is -1.33. The first-order chi connectivity index (χ1) is 7.69. The van der Waals surface area contributed by atoms with Gasteiger partial charge in [-0.2, -0.15) is 0 Å². The van der Waals surface area contributed by atoms with E-state index in [1.165, 1.54) is 0 Å². The van der Waals surface area contributed by atoms with Crippen LogP contribution in [-0.4, -0.2) is 15.0 Å². The lowest BCUT2D eigenvalue weighted by Gasteiger charge is -2.03. The summed E-state index contributed by atoms with van der Waals surface area (Å²) in [5.74, 6) is 0.618. The van der Waals surface area contributed by atoms with Crippen LogP contribution in [0.5, 0.6) is 0 Å². The second-order valence-electron chi connectivity index (χ2n) is 3.39. The predicted molar refractivity (Wildman–Crippen MR) is 65.6 cm³/mol. The molecule has 0 aromatic carbocycles. The van der Waals surface area contributed by atoms with Crippen molar-refractivity contribution in [1.29, 1.82) is 0 Å². The maximum absolute atomic E-state index is 5.57. The van der Waals surface area contributed by atoms with Crippen molar-refractivity contribution in [3.8, 4) is 11.5 Å². The third kappa shape index (κ3) is 2.43. The molecule has 0 atom stereocenters. The molecule has 0 aliphatic rings. The molecule has 2 heterocycles. The molecule has 0 aliphatic heterocycles. The van der Waals surface area contributed by atoms with E-state index in [-0.39, 0.29) is 0 Å². The van der Waals surface area contributed by atoms with Crippen LogP contribution in [0.2, 0.25) is 0 Å². The zero-order valence-corrected chi connectivity index (χ0v) is 10.4. The highest BCUT2D eigenvalue weighted by molar-refractivity contribution is 9.10. The first-order valence-corrected chi connectivity index (χ1v) is 5.65. The van der Waals surface area contributed by atoms with Crippen LogP contribution < -0.4 is 5.73 Å². The number of nitrogens with two attached hydrogens (primary N) is 1. The molecule has 0 spiro atoms. The number of aromatic nitrogens is 3. The van der Waals surface area contributed by atoms with E-state index in [1.54, 1.807) is 6.20 Å². The van der Waals surface area contributed by atoms with Crippen molar-refractivity contribution < 1.29 is 0 Å². The summed E-state index contributed by atoms with van der Waals surface area (Å²) in [5, 5.41) is 0. The van der Waals surface area contributed by atoms with Gasteiger partial charge >= 0.3 is 0 Å². The van der Waals surface area contributed by atoms with Crippen LogP contribution in [0.15, 0.2) is 28.9 Å². The number of aryl methyl sites for hydroxylation is 1. The second kappa shape index (κ2) is 4.67. The van der Waals surface area contributed by atoms with Gasteiger partial charge in [0.2, 0.25) is 0 Å². The first-order valence-electron chi connectivity index (χ1n) is 4.85. The van der Waals surface area contributed by atoms with Crippen molar-refractivity contribution in [1.82, 2.24) is 15.0 Å². The van der Waals surface area contributed by atoms with Gasteiger partial charge in [0.05, 0.1) is 5.69 Å². The van der Waals surface area contributed by atoms with Gasteiger partial charge in [-0.3, -0.25) is 4.98 Å². The molecular formula is C11H11BrN4. The topological polar surface area (TPSA) is 64.7 Å². The van der Waals surface area contributed by atoms with Crippen molar-refractivity contribution in [2.75, 3.05) is 0 Å². The van der Waals surface area contributed by atoms with E-state index in [2.05, 4.69) is 30.9 Å². The van der Waals surface area contributed by atoms with Crippen LogP contribution in [-0.2, 0) is 6.54 Å². The molecule has 0 fully saturated rings. The fourth-order valence-electron chi connectivity index (χ4n) is 1.36. The van der Waals surface area contributed by atoms with Crippen LogP contribution in [0, 0.1) is 6.92 Å². The lowest BCUT2D eigenvalue weighted by Crippen LogP contribution is -2.03. The predicted octanol–water partition coefficient (Wildman–Crippen LogP) is 2.07. The Morgan fingerprint density at radius 3 is 2.75 bits per heavy atom. The monoisotopic (exact) mass is 278 g/mol. The minimum Gasteiger partial charge on any atom is -0.325 e. The standard InChI is InChI=1S/C11H11BrN4/c1-7-4-9(5-13)16-11(15-7)10-3-2-8(12)6-14-10/h2-4,6H,5,13H2,1H3. The number of pyridine rings is 1. The fourth-order valence-corrected chi connectivity index (χ4v) is 1.60. The second-order valence-corrected chi connectivity index (χ2v) is 4.31. The van der Waals surface area contributed by atoms with E-state index in [9.17, 15) is 0 Å². The molecule has 5 heteroatoms. The quantitative estimate of drug-likeness (QED) is 0.914. The molecule has 4 nitrogen and oxygen atoms in total. The third-order valence-corrected chi connectivity index (χ3v) is 2.54. The van der Waals surface area contributed by atoms with Crippen LogP contribution >= 0.6 is 15.9 Å². The normalized spacial score (nSPS) is 10.4. The third-order valence-electron chi connectivity index (χ3n) is 2.07. The van der Waals surface area contributed by atoms with Crippen LogP contribution in [0.25, 0.3) is 11.5 Å². The number of halogens is 1. The van der Waals surface area contributed by atoms with Gasteiger partial charge in [-0.05, 0) is 41.1 Å². The maximum Gasteiger partial charge on any atom is 0.178 e. The SMILES string of the molecule is Cc1cc(CN)nc(-c2ccc(Br)cn2)n1. The Morgan fingerprint density at radius 1 is 1.31 bits per heavy atom. The molecule has 2 aromatic heterocycles. The molecule has 0 aliphatic carbocycles. The van der Waals surface area contributed by atoms with E-state index < -0.39 is 0 Å². The van der Waals surface area contributed by atoms with Crippen LogP contribution in [0.4, 0.5) is 0 Å². The largest absolute Gasteiger partial charge is 0.325 e. The molecule has 0 unspecified atom stereocenters. The van der Waals surface area contributed by atoms with Crippen LogP contribution in [0.3, 0.4) is 0 Å². The molecule has 0 saturated heterocycles. The Morgan fingerprint density at radius 2 is 2.12 bits per heavy atom. The zero-order valence-electron chi connectivity index (χ0n) is 8.81. The summed E-state index contributed by atoms with van der Waals surface area (Å²) in [6, 6.07) is 5.66. The Kier molecular flexibility index (Phi) is 3.26. The molecule has 0 amide bonds. The van der Waals surface area contributed by atoms with E-state index in [1.807, 2.05) is 25.1 Å². The lowest BCUT2D eigenvalue weighted by atomic mass is 10.3. The van der Waals surface area contributed by atoms with Crippen LogP contribution in [0.1, 0.15) is 11.4 Å². The lowest BCUT2D eigenvalue weighted by molar-refractivity contribution is 0.948. The summed E-state index contributed by atoms with van der Waals surface area (Å²) in [4.78, 5) is 12.9. The summed E-state index contributed by atoms with van der Waals surface area (Å²) in [5.41, 5.74) is 8.05. The fraction of sp³-hybridized carbons (Fsp3) is 0.182. The van der Waals surface area contributed by atoms with Gasteiger partial charge in [-0.15, -0.1) is 0 Å². The van der Waals surface area contributed by atoms with Gasteiger partial charge in [0.1, 0.15) is 5.69 Å². The zero-order chi connectivity index (χ0) is 11.5. The summed E-state index contributed by atoms with van der Waals surface area (Å²) in [7, 11) is 0. The molecular weight excluding hydrogens is 268 g/mol. The minimum atomic E-state index is 0.410. The van der Waals surface area contributed by atoms with Crippen molar-refractivity contribution in [3.63, 3.8) is 0 Å². The van der Waals surface area contributed by atoms with Gasteiger partial charge in [0.25, 0.3) is 0 Å². The number of nitrogens with zero attached hydrogens (tertiary/aromatic N) is 3. The highest BCUT2D eigenvalue weighted by Gasteiger charge is 2.05. The smallest absolute Gasteiger partial charge is 0.178 e. The maximum atomic E-state index is 5.57. The molecule has 2 aromatic rings. The molecule has 16 heavy (non-hydrogen) atoms. The van der Waals surface area contributed by atoms with E-state index >= 15 is 0 Å². The van der Waals surface area contributed by atoms with Gasteiger partial charge < -0.3 is 5.73 Å². The van der Waals surface area contributed by atoms with Crippen molar-refractivity contribution >= 4 is 15.9 Å². The molecule has 0 radical (unpaired) electrons. The van der Waals surface area contributed by atoms with Gasteiger partial charge in [0, 0.05) is 22.9 Å². The van der Waals surface area contributed by atoms with E-state index in [0.29, 0.717) is 12.4 Å².